The molecule has 0 saturated carbocycles. The van der Waals surface area contributed by atoms with Gasteiger partial charge in [0.2, 0.25) is 5.83 Å². The Morgan fingerprint density at radius 3 is 2.29 bits per heavy atom. The Hall–Kier alpha value is -2.75. The van der Waals surface area contributed by atoms with Gasteiger partial charge in [-0.05, 0) is 73.0 Å². The van der Waals surface area contributed by atoms with Crippen LogP contribution < -0.4 is 0 Å². The minimum Gasteiger partial charge on any atom is -0.491 e. The van der Waals surface area contributed by atoms with E-state index < -0.39 is 17.4 Å². The summed E-state index contributed by atoms with van der Waals surface area (Å²) in [5, 5.41) is 0. The smallest absolute Gasteiger partial charge is 0.200 e. The molecule has 0 fully saturated rings. The number of halogens is 3. The summed E-state index contributed by atoms with van der Waals surface area (Å²) in [5.74, 6) is -2.53. The molecule has 0 N–H and O–H groups in total. The van der Waals surface area contributed by atoms with Crippen LogP contribution >= 0.6 is 0 Å². The predicted octanol–water partition coefficient (Wildman–Crippen LogP) is 8.85. The van der Waals surface area contributed by atoms with Gasteiger partial charge in [0, 0.05) is 5.57 Å². The van der Waals surface area contributed by atoms with E-state index in [1.165, 1.54) is 12.2 Å². The van der Waals surface area contributed by atoms with Gasteiger partial charge >= 0.3 is 0 Å². The van der Waals surface area contributed by atoms with Crippen molar-refractivity contribution in [2.24, 2.45) is 5.92 Å². The third-order valence-electron chi connectivity index (χ3n) is 4.91. The van der Waals surface area contributed by atoms with E-state index in [9.17, 15) is 13.2 Å². The minimum atomic E-state index is -1.21. The van der Waals surface area contributed by atoms with E-state index in [0.29, 0.717) is 24.3 Å². The fraction of sp³-hybridized carbons (Fsp3) is 0.333. The summed E-state index contributed by atoms with van der Waals surface area (Å²) in [6.07, 6.45) is 8.77. The maximum absolute atomic E-state index is 14.6. The first kappa shape index (κ1) is 26.3. The quantitative estimate of drug-likeness (QED) is 0.235. The van der Waals surface area contributed by atoms with Crippen molar-refractivity contribution in [3.05, 3.63) is 107 Å². The second kappa shape index (κ2) is 12.2. The molecule has 0 unspecified atom stereocenters. The van der Waals surface area contributed by atoms with Crippen LogP contribution in [0.25, 0.3) is 0 Å². The fourth-order valence-electron chi connectivity index (χ4n) is 2.91. The summed E-state index contributed by atoms with van der Waals surface area (Å²) in [6.45, 7) is 22.5. The number of hydrogen-bond acceptors (Lipinski definition) is 1. The van der Waals surface area contributed by atoms with Crippen molar-refractivity contribution < 1.29 is 17.9 Å². The highest BCUT2D eigenvalue weighted by Gasteiger charge is 2.17. The van der Waals surface area contributed by atoms with Gasteiger partial charge in [-0.25, -0.2) is 8.78 Å². The monoisotopic (exact) mass is 430 g/mol. The van der Waals surface area contributed by atoms with E-state index in [1.807, 2.05) is 6.92 Å². The van der Waals surface area contributed by atoms with Crippen LogP contribution in [0.15, 0.2) is 107 Å². The zero-order valence-electron chi connectivity index (χ0n) is 19.1. The van der Waals surface area contributed by atoms with E-state index >= 15 is 0 Å². The minimum absolute atomic E-state index is 0.165. The molecule has 0 spiro atoms. The molecular formula is C27H33F3O. The maximum atomic E-state index is 14.6. The molecule has 1 aliphatic rings. The van der Waals surface area contributed by atoms with Gasteiger partial charge in [0.05, 0.1) is 6.61 Å². The van der Waals surface area contributed by atoms with Crippen LogP contribution in [0.2, 0.25) is 0 Å². The van der Waals surface area contributed by atoms with Gasteiger partial charge in [-0.3, -0.25) is 0 Å². The van der Waals surface area contributed by atoms with Gasteiger partial charge < -0.3 is 4.74 Å². The normalized spacial score (nSPS) is 15.7. The lowest BCUT2D eigenvalue weighted by Gasteiger charge is -2.18. The molecule has 0 aliphatic heterocycles. The molecule has 0 atom stereocenters. The van der Waals surface area contributed by atoms with Crippen molar-refractivity contribution in [2.75, 3.05) is 6.61 Å². The van der Waals surface area contributed by atoms with Crippen LogP contribution in [-0.4, -0.2) is 6.61 Å². The van der Waals surface area contributed by atoms with Gasteiger partial charge in [0.15, 0.2) is 11.6 Å². The summed E-state index contributed by atoms with van der Waals surface area (Å²) in [6, 6.07) is 0. The zero-order valence-corrected chi connectivity index (χ0v) is 19.1. The van der Waals surface area contributed by atoms with Crippen LogP contribution in [0, 0.1) is 5.92 Å². The molecule has 0 bridgehead atoms. The highest BCUT2D eigenvalue weighted by molar-refractivity contribution is 5.53. The molecule has 0 amide bonds. The van der Waals surface area contributed by atoms with Gasteiger partial charge in [0.1, 0.15) is 5.83 Å². The second-order valence-electron chi connectivity index (χ2n) is 7.86. The Morgan fingerprint density at radius 1 is 1.10 bits per heavy atom. The highest BCUT2D eigenvalue weighted by Crippen LogP contribution is 2.33. The Kier molecular flexibility index (Phi) is 10.3. The van der Waals surface area contributed by atoms with Crippen LogP contribution in [0.3, 0.4) is 0 Å². The highest BCUT2D eigenvalue weighted by atomic mass is 19.2. The van der Waals surface area contributed by atoms with E-state index in [0.717, 1.165) is 23.1 Å². The first-order chi connectivity index (χ1) is 14.5. The topological polar surface area (TPSA) is 9.23 Å². The zero-order chi connectivity index (χ0) is 23.7. The largest absolute Gasteiger partial charge is 0.491 e. The first-order valence-corrected chi connectivity index (χ1v) is 10.4. The molecule has 0 aromatic carbocycles. The Bertz CT molecular complexity index is 905. The average Bonchev–Trinajstić information content (AvgIpc) is 2.73. The second-order valence-corrected chi connectivity index (χ2v) is 7.86. The molecule has 0 aromatic heterocycles. The molecule has 0 radical (unpaired) electrons. The number of ether oxygens (including phenoxy) is 1. The summed E-state index contributed by atoms with van der Waals surface area (Å²) in [5.41, 5.74) is 2.95. The number of hydrogen-bond donors (Lipinski definition) is 0. The summed E-state index contributed by atoms with van der Waals surface area (Å²) in [7, 11) is 0. The lowest BCUT2D eigenvalue weighted by atomic mass is 9.89. The molecule has 1 nitrogen and oxygen atoms in total. The number of rotatable bonds is 11. The maximum Gasteiger partial charge on any atom is 0.200 e. The van der Waals surface area contributed by atoms with Gasteiger partial charge in [-0.15, -0.1) is 0 Å². The number of allylic oxidation sites excluding steroid dienone is 13. The lowest BCUT2D eigenvalue weighted by Crippen LogP contribution is -2.00. The molecule has 0 saturated heterocycles. The first-order valence-electron chi connectivity index (χ1n) is 10.4. The van der Waals surface area contributed by atoms with Gasteiger partial charge in [0.25, 0.3) is 0 Å². The Morgan fingerprint density at radius 2 is 1.74 bits per heavy atom. The van der Waals surface area contributed by atoms with Crippen molar-refractivity contribution in [3.8, 4) is 0 Å². The molecule has 4 heteroatoms. The van der Waals surface area contributed by atoms with Crippen molar-refractivity contribution >= 4 is 0 Å². The van der Waals surface area contributed by atoms with Crippen LogP contribution in [0.4, 0.5) is 13.2 Å². The van der Waals surface area contributed by atoms with E-state index in [-0.39, 0.29) is 23.6 Å². The molecule has 1 rings (SSSR count). The van der Waals surface area contributed by atoms with E-state index in [2.05, 4.69) is 46.2 Å². The van der Waals surface area contributed by atoms with Crippen molar-refractivity contribution in [3.63, 3.8) is 0 Å². The van der Waals surface area contributed by atoms with Crippen LogP contribution in [0.5, 0.6) is 0 Å². The molecule has 0 heterocycles. The molecule has 1 aliphatic carbocycles. The molecule has 31 heavy (non-hydrogen) atoms. The van der Waals surface area contributed by atoms with Gasteiger partial charge in [-0.1, -0.05) is 58.4 Å². The predicted molar refractivity (Wildman–Crippen MR) is 125 cm³/mol. The van der Waals surface area contributed by atoms with Crippen LogP contribution in [0.1, 0.15) is 47.0 Å². The summed E-state index contributed by atoms with van der Waals surface area (Å²) < 4.78 is 47.8. The third kappa shape index (κ3) is 7.78. The van der Waals surface area contributed by atoms with E-state index in [4.69, 9.17) is 4.74 Å². The van der Waals surface area contributed by atoms with E-state index in [1.54, 1.807) is 13.0 Å². The van der Waals surface area contributed by atoms with Crippen molar-refractivity contribution in [1.82, 2.24) is 0 Å². The fourth-order valence-corrected chi connectivity index (χ4v) is 2.91. The SMILES string of the molecule is C=C(/C=C\C(=C)C1=CC(F)=C(/C(C)=C/CC(C)C)CC1)C(=C)/C(F)=C(/F)C(=C)OCC. The molecule has 168 valence electrons. The Balaban J connectivity index is 2.92. The molecular weight excluding hydrogens is 397 g/mol. The third-order valence-corrected chi connectivity index (χ3v) is 4.91. The Labute approximate surface area is 185 Å². The summed E-state index contributed by atoms with van der Waals surface area (Å²) in [4.78, 5) is 0. The average molecular weight is 431 g/mol. The van der Waals surface area contributed by atoms with Crippen molar-refractivity contribution in [1.29, 1.82) is 0 Å². The standard InChI is InChI=1S/C27H33F3O/c1-9-31-22(8)27(30)26(29)21(7)18(4)12-13-19(5)23-14-15-24(25(28)16-23)20(6)11-10-17(2)3/h11-13,16-17H,4-5,7-10,14-15H2,1-3,6H3/b13-12-,20-11+,27-26-. The van der Waals surface area contributed by atoms with Crippen LogP contribution in [-0.2, 0) is 4.74 Å². The van der Waals surface area contributed by atoms with Crippen molar-refractivity contribution in [2.45, 2.75) is 47.0 Å². The lowest BCUT2D eigenvalue weighted by molar-refractivity contribution is 0.224. The molecule has 0 aromatic rings. The van der Waals surface area contributed by atoms with Gasteiger partial charge in [-0.2, -0.15) is 4.39 Å². The summed E-state index contributed by atoms with van der Waals surface area (Å²) >= 11 is 0.